The van der Waals surface area contributed by atoms with Crippen molar-refractivity contribution < 1.29 is 19.1 Å². The Morgan fingerprint density at radius 1 is 0.765 bits per heavy atom. The SMILES string of the molecule is C=C(C)C(=O)OCC1CSC(CSC2CCC(SCC3SCC(COC(=O)C(=C)C)S3)CC2)S1. The van der Waals surface area contributed by atoms with E-state index < -0.39 is 0 Å². The van der Waals surface area contributed by atoms with Crippen molar-refractivity contribution in [1.29, 1.82) is 0 Å². The highest BCUT2D eigenvalue weighted by Crippen LogP contribution is 2.44. The quantitative estimate of drug-likeness (QED) is 0.193. The summed E-state index contributed by atoms with van der Waals surface area (Å²) in [6, 6.07) is 0. The van der Waals surface area contributed by atoms with Gasteiger partial charge in [0.05, 0.1) is 9.16 Å². The number of esters is 2. The predicted octanol–water partition coefficient (Wildman–Crippen LogP) is 6.35. The second kappa shape index (κ2) is 15.1. The summed E-state index contributed by atoms with van der Waals surface area (Å²) in [7, 11) is 0. The Morgan fingerprint density at radius 2 is 1.15 bits per heavy atom. The minimum absolute atomic E-state index is 0.271. The zero-order valence-corrected chi connectivity index (χ0v) is 24.9. The first-order valence-corrected chi connectivity index (χ1v) is 17.8. The molecule has 0 N–H and O–H groups in total. The normalized spacial score (nSPS) is 31.2. The van der Waals surface area contributed by atoms with Gasteiger partial charge in [-0.2, -0.15) is 23.5 Å². The molecule has 3 aliphatic rings. The van der Waals surface area contributed by atoms with Crippen LogP contribution in [0.5, 0.6) is 0 Å². The predicted molar refractivity (Wildman–Crippen MR) is 158 cm³/mol. The zero-order chi connectivity index (χ0) is 24.5. The molecule has 2 saturated heterocycles. The second-order valence-electron chi connectivity index (χ2n) is 8.86. The van der Waals surface area contributed by atoms with Gasteiger partial charge in [-0.3, -0.25) is 0 Å². The van der Waals surface area contributed by atoms with Gasteiger partial charge in [0.15, 0.2) is 0 Å². The third kappa shape index (κ3) is 10.1. The third-order valence-electron chi connectivity index (χ3n) is 5.68. The molecule has 0 radical (unpaired) electrons. The van der Waals surface area contributed by atoms with Crippen molar-refractivity contribution in [3.05, 3.63) is 24.3 Å². The van der Waals surface area contributed by atoms with Crippen LogP contribution in [0.1, 0.15) is 39.5 Å². The summed E-state index contributed by atoms with van der Waals surface area (Å²) in [6.07, 6.45) is 5.31. The fourth-order valence-electron chi connectivity index (χ4n) is 3.74. The molecule has 1 saturated carbocycles. The van der Waals surface area contributed by atoms with E-state index in [4.69, 9.17) is 9.47 Å². The molecule has 10 heteroatoms. The van der Waals surface area contributed by atoms with Crippen LogP contribution in [0.3, 0.4) is 0 Å². The number of thioether (sulfide) groups is 6. The number of ether oxygens (including phenoxy) is 2. The van der Waals surface area contributed by atoms with Gasteiger partial charge in [0.25, 0.3) is 0 Å². The summed E-state index contributed by atoms with van der Waals surface area (Å²) in [4.78, 5) is 23.2. The van der Waals surface area contributed by atoms with Crippen LogP contribution in [0.25, 0.3) is 0 Å². The Kier molecular flexibility index (Phi) is 12.9. The molecule has 34 heavy (non-hydrogen) atoms. The molecule has 3 rings (SSSR count). The molecule has 192 valence electrons. The van der Waals surface area contributed by atoms with Gasteiger partial charge in [0.1, 0.15) is 13.2 Å². The van der Waals surface area contributed by atoms with Gasteiger partial charge in [-0.25, -0.2) is 9.59 Å². The first kappa shape index (κ1) is 29.1. The molecule has 2 aliphatic heterocycles. The van der Waals surface area contributed by atoms with Crippen LogP contribution in [-0.2, 0) is 19.1 Å². The van der Waals surface area contributed by atoms with Crippen molar-refractivity contribution in [2.75, 3.05) is 36.2 Å². The van der Waals surface area contributed by atoms with Crippen molar-refractivity contribution >= 4 is 82.5 Å². The number of hydrogen-bond donors (Lipinski definition) is 0. The maximum Gasteiger partial charge on any atom is 0.333 e. The first-order valence-electron chi connectivity index (χ1n) is 11.7. The van der Waals surface area contributed by atoms with Crippen LogP contribution in [0.15, 0.2) is 24.3 Å². The molecular formula is C24H36O4S6. The molecule has 0 aromatic rings. The Bertz CT molecular complexity index is 664. The molecule has 4 unspecified atom stereocenters. The Labute approximate surface area is 230 Å². The van der Waals surface area contributed by atoms with E-state index in [-0.39, 0.29) is 11.9 Å². The van der Waals surface area contributed by atoms with E-state index in [0.29, 0.717) is 44.0 Å². The lowest BCUT2D eigenvalue weighted by molar-refractivity contribution is -0.139. The molecule has 1 aliphatic carbocycles. The number of rotatable bonds is 12. The second-order valence-corrected chi connectivity index (χ2v) is 17.6. The molecule has 0 aromatic heterocycles. The highest BCUT2D eigenvalue weighted by atomic mass is 32.2. The van der Waals surface area contributed by atoms with E-state index in [9.17, 15) is 9.59 Å². The van der Waals surface area contributed by atoms with Crippen LogP contribution in [0, 0.1) is 0 Å². The van der Waals surface area contributed by atoms with Gasteiger partial charge < -0.3 is 9.47 Å². The fourth-order valence-corrected chi connectivity index (χ4v) is 13.5. The Hall–Kier alpha value is 0.520. The van der Waals surface area contributed by atoms with E-state index in [2.05, 4.69) is 36.7 Å². The van der Waals surface area contributed by atoms with E-state index in [1.807, 2.05) is 47.0 Å². The van der Waals surface area contributed by atoms with Crippen LogP contribution < -0.4 is 0 Å². The van der Waals surface area contributed by atoms with Gasteiger partial charge in [-0.15, -0.1) is 47.0 Å². The van der Waals surface area contributed by atoms with Gasteiger partial charge in [0, 0.05) is 55.2 Å². The zero-order valence-electron chi connectivity index (χ0n) is 20.0. The number of carbonyl (C=O) groups is 2. The molecule has 4 nitrogen and oxygen atoms in total. The summed E-state index contributed by atoms with van der Waals surface area (Å²) < 4.78 is 11.9. The lowest BCUT2D eigenvalue weighted by atomic mass is 10.00. The van der Waals surface area contributed by atoms with E-state index >= 15 is 0 Å². The molecule has 0 amide bonds. The van der Waals surface area contributed by atoms with Crippen LogP contribution in [-0.4, -0.2) is 78.3 Å². The Balaban J connectivity index is 1.22. The summed E-state index contributed by atoms with van der Waals surface area (Å²) >= 11 is 12.3. The van der Waals surface area contributed by atoms with Crippen molar-refractivity contribution in [3.63, 3.8) is 0 Å². The third-order valence-corrected chi connectivity index (χ3v) is 15.9. The summed E-state index contributed by atoms with van der Waals surface area (Å²) in [6.45, 7) is 11.7. The molecule has 0 aromatic carbocycles. The Morgan fingerprint density at radius 3 is 1.50 bits per heavy atom. The molecule has 3 fully saturated rings. The van der Waals surface area contributed by atoms with Crippen molar-refractivity contribution in [1.82, 2.24) is 0 Å². The van der Waals surface area contributed by atoms with E-state index in [0.717, 1.165) is 22.0 Å². The minimum atomic E-state index is -0.271. The summed E-state index contributed by atoms with van der Waals surface area (Å²) in [5.41, 5.74) is 0.950. The van der Waals surface area contributed by atoms with E-state index in [1.165, 1.54) is 37.2 Å². The van der Waals surface area contributed by atoms with Crippen LogP contribution >= 0.6 is 70.6 Å². The first-order chi connectivity index (χ1) is 16.3. The maximum atomic E-state index is 11.6. The fraction of sp³-hybridized carbons (Fsp3) is 0.750. The molecule has 2 heterocycles. The van der Waals surface area contributed by atoms with Gasteiger partial charge in [0.2, 0.25) is 0 Å². The average Bonchev–Trinajstić information content (AvgIpc) is 3.48. The highest BCUT2D eigenvalue weighted by molar-refractivity contribution is 8.22. The summed E-state index contributed by atoms with van der Waals surface area (Å²) in [5, 5.41) is 2.41. The lowest BCUT2D eigenvalue weighted by Crippen LogP contribution is -2.20. The number of hydrogen-bond acceptors (Lipinski definition) is 10. The van der Waals surface area contributed by atoms with Gasteiger partial charge >= 0.3 is 11.9 Å². The topological polar surface area (TPSA) is 52.6 Å². The lowest BCUT2D eigenvalue weighted by Gasteiger charge is -2.29. The maximum absolute atomic E-state index is 11.6. The largest absolute Gasteiger partial charge is 0.461 e. The summed E-state index contributed by atoms with van der Waals surface area (Å²) in [5.74, 6) is 3.97. The van der Waals surface area contributed by atoms with Gasteiger partial charge in [-0.1, -0.05) is 13.2 Å². The smallest absolute Gasteiger partial charge is 0.333 e. The minimum Gasteiger partial charge on any atom is -0.461 e. The number of carbonyl (C=O) groups excluding carboxylic acids is 2. The standard InChI is InChI=1S/C24H36O4S6/c1-15(2)23(25)27-9-19-11-31-21(33-19)13-29-17-5-7-18(8-6-17)30-14-22-32-12-20(34-22)10-28-24(26)16(3)4/h17-22H,1,3,5-14H2,2,4H3. The van der Waals surface area contributed by atoms with Crippen molar-refractivity contribution in [2.45, 2.75) is 69.7 Å². The van der Waals surface area contributed by atoms with Crippen LogP contribution in [0.4, 0.5) is 0 Å². The van der Waals surface area contributed by atoms with Crippen LogP contribution in [0.2, 0.25) is 0 Å². The van der Waals surface area contributed by atoms with Crippen molar-refractivity contribution in [3.8, 4) is 0 Å². The monoisotopic (exact) mass is 580 g/mol. The van der Waals surface area contributed by atoms with Crippen molar-refractivity contribution in [2.24, 2.45) is 0 Å². The van der Waals surface area contributed by atoms with Gasteiger partial charge in [-0.05, 0) is 39.5 Å². The highest BCUT2D eigenvalue weighted by Gasteiger charge is 2.31. The molecular weight excluding hydrogens is 545 g/mol. The van der Waals surface area contributed by atoms with E-state index in [1.54, 1.807) is 13.8 Å². The average molecular weight is 581 g/mol. The molecule has 0 spiro atoms. The molecule has 4 atom stereocenters. The molecule has 0 bridgehead atoms.